The molecular weight excluding hydrogens is 252 g/mol. The van der Waals surface area contributed by atoms with Gasteiger partial charge in [-0.1, -0.05) is 6.92 Å². The predicted octanol–water partition coefficient (Wildman–Crippen LogP) is 0.211. The zero-order chi connectivity index (χ0) is 14.4. The summed E-state index contributed by atoms with van der Waals surface area (Å²) in [6.45, 7) is 11.2. The topological polar surface area (TPSA) is 52.8 Å². The molecule has 0 aromatic heterocycles. The van der Waals surface area contributed by atoms with Crippen LogP contribution in [-0.4, -0.2) is 79.5 Å². The van der Waals surface area contributed by atoms with Crippen LogP contribution in [0.4, 0.5) is 0 Å². The van der Waals surface area contributed by atoms with Crippen LogP contribution in [-0.2, 0) is 4.79 Å². The summed E-state index contributed by atoms with van der Waals surface area (Å²) in [7, 11) is 0. The van der Waals surface area contributed by atoms with Crippen LogP contribution in [0.3, 0.4) is 0 Å². The lowest BCUT2D eigenvalue weighted by molar-refractivity contribution is -0.134. The van der Waals surface area contributed by atoms with Gasteiger partial charge < -0.3 is 20.4 Å². The van der Waals surface area contributed by atoms with Gasteiger partial charge in [-0.25, -0.2) is 0 Å². The van der Waals surface area contributed by atoms with Crippen molar-refractivity contribution in [3.8, 4) is 0 Å². The standard InChI is InChI=1S/C15H30N4O/c1-2-17-9-11-19(12-10-17)15(20)13-14-3-6-18(7-4-14)8-5-16/h14H,2-13,16H2,1H3. The Kier molecular flexibility index (Phi) is 6.26. The molecule has 0 atom stereocenters. The molecule has 0 aromatic rings. The Morgan fingerprint density at radius 1 is 1.05 bits per heavy atom. The molecule has 2 aliphatic rings. The number of amides is 1. The van der Waals surface area contributed by atoms with Crippen LogP contribution in [0.2, 0.25) is 0 Å². The van der Waals surface area contributed by atoms with Crippen molar-refractivity contribution < 1.29 is 4.79 Å². The summed E-state index contributed by atoms with van der Waals surface area (Å²) in [6, 6.07) is 0. The molecule has 0 bridgehead atoms. The van der Waals surface area contributed by atoms with E-state index in [0.29, 0.717) is 11.8 Å². The van der Waals surface area contributed by atoms with E-state index in [0.717, 1.165) is 78.2 Å². The van der Waals surface area contributed by atoms with Gasteiger partial charge in [-0.15, -0.1) is 0 Å². The first kappa shape index (κ1) is 15.7. The van der Waals surface area contributed by atoms with Crippen molar-refractivity contribution in [2.45, 2.75) is 26.2 Å². The fourth-order valence-electron chi connectivity index (χ4n) is 3.29. The second kappa shape index (κ2) is 7.96. The van der Waals surface area contributed by atoms with Crippen molar-refractivity contribution in [1.82, 2.24) is 14.7 Å². The predicted molar refractivity (Wildman–Crippen MR) is 81.5 cm³/mol. The van der Waals surface area contributed by atoms with E-state index < -0.39 is 0 Å². The molecule has 0 aliphatic carbocycles. The Morgan fingerprint density at radius 3 is 2.25 bits per heavy atom. The highest BCUT2D eigenvalue weighted by atomic mass is 16.2. The van der Waals surface area contributed by atoms with E-state index in [1.54, 1.807) is 0 Å². The summed E-state index contributed by atoms with van der Waals surface area (Å²) in [4.78, 5) is 19.2. The molecular formula is C15H30N4O. The van der Waals surface area contributed by atoms with Gasteiger partial charge in [0.25, 0.3) is 0 Å². The Bertz CT molecular complexity index is 294. The van der Waals surface area contributed by atoms with Gasteiger partial charge in [0.1, 0.15) is 0 Å². The monoisotopic (exact) mass is 282 g/mol. The van der Waals surface area contributed by atoms with Gasteiger partial charge in [-0.05, 0) is 38.4 Å². The first-order valence-corrected chi connectivity index (χ1v) is 8.15. The molecule has 20 heavy (non-hydrogen) atoms. The maximum atomic E-state index is 12.3. The van der Waals surface area contributed by atoms with E-state index in [2.05, 4.69) is 21.6 Å². The molecule has 0 unspecified atom stereocenters. The van der Waals surface area contributed by atoms with E-state index in [4.69, 9.17) is 5.73 Å². The third kappa shape index (κ3) is 4.43. The molecule has 2 heterocycles. The lowest BCUT2D eigenvalue weighted by Gasteiger charge is -2.36. The number of likely N-dealkylation sites (tertiary alicyclic amines) is 1. The maximum absolute atomic E-state index is 12.3. The SMILES string of the molecule is CCN1CCN(C(=O)CC2CCN(CCN)CC2)CC1. The Morgan fingerprint density at radius 2 is 1.70 bits per heavy atom. The molecule has 2 fully saturated rings. The van der Waals surface area contributed by atoms with Crippen molar-refractivity contribution in [3.63, 3.8) is 0 Å². The average Bonchev–Trinajstić information content (AvgIpc) is 2.49. The van der Waals surface area contributed by atoms with Crippen molar-refractivity contribution in [3.05, 3.63) is 0 Å². The van der Waals surface area contributed by atoms with Gasteiger partial charge in [-0.3, -0.25) is 4.79 Å². The number of likely N-dealkylation sites (N-methyl/N-ethyl adjacent to an activating group) is 1. The largest absolute Gasteiger partial charge is 0.340 e. The Balaban J connectivity index is 1.68. The van der Waals surface area contributed by atoms with Crippen LogP contribution in [0.25, 0.3) is 0 Å². The van der Waals surface area contributed by atoms with Crippen LogP contribution >= 0.6 is 0 Å². The molecule has 0 radical (unpaired) electrons. The number of piperazine rings is 1. The third-order valence-electron chi connectivity index (χ3n) is 4.79. The lowest BCUT2D eigenvalue weighted by atomic mass is 9.93. The minimum absolute atomic E-state index is 0.373. The van der Waals surface area contributed by atoms with Crippen LogP contribution in [0.1, 0.15) is 26.2 Å². The summed E-state index contributed by atoms with van der Waals surface area (Å²) < 4.78 is 0. The van der Waals surface area contributed by atoms with Gasteiger partial charge >= 0.3 is 0 Å². The highest BCUT2D eigenvalue weighted by molar-refractivity contribution is 5.76. The molecule has 2 N–H and O–H groups in total. The molecule has 0 saturated carbocycles. The number of nitrogens with two attached hydrogens (primary N) is 1. The molecule has 0 aromatic carbocycles. The first-order valence-electron chi connectivity index (χ1n) is 8.15. The average molecular weight is 282 g/mol. The molecule has 5 nitrogen and oxygen atoms in total. The van der Waals surface area contributed by atoms with Crippen molar-refractivity contribution >= 4 is 5.91 Å². The number of carbonyl (C=O) groups excluding carboxylic acids is 1. The van der Waals surface area contributed by atoms with Gasteiger partial charge in [0.05, 0.1) is 0 Å². The number of hydrogen-bond acceptors (Lipinski definition) is 4. The van der Waals surface area contributed by atoms with E-state index in [9.17, 15) is 4.79 Å². The van der Waals surface area contributed by atoms with E-state index in [1.165, 1.54) is 0 Å². The molecule has 2 saturated heterocycles. The first-order chi connectivity index (χ1) is 9.72. The van der Waals surface area contributed by atoms with Crippen LogP contribution in [0.5, 0.6) is 0 Å². The van der Waals surface area contributed by atoms with Crippen molar-refractivity contribution in [2.24, 2.45) is 11.7 Å². The highest BCUT2D eigenvalue weighted by Gasteiger charge is 2.25. The number of hydrogen-bond donors (Lipinski definition) is 1. The zero-order valence-electron chi connectivity index (χ0n) is 12.9. The minimum atomic E-state index is 0.373. The minimum Gasteiger partial charge on any atom is -0.340 e. The zero-order valence-corrected chi connectivity index (χ0v) is 12.9. The van der Waals surface area contributed by atoms with Gasteiger partial charge in [0.2, 0.25) is 5.91 Å². The second-order valence-electron chi connectivity index (χ2n) is 6.09. The second-order valence-corrected chi connectivity index (χ2v) is 6.09. The third-order valence-corrected chi connectivity index (χ3v) is 4.79. The lowest BCUT2D eigenvalue weighted by Crippen LogP contribution is -2.49. The maximum Gasteiger partial charge on any atom is 0.222 e. The van der Waals surface area contributed by atoms with E-state index in [1.807, 2.05) is 0 Å². The van der Waals surface area contributed by atoms with E-state index >= 15 is 0 Å². The molecule has 1 amide bonds. The molecule has 0 spiro atoms. The number of carbonyl (C=O) groups is 1. The normalized spacial score (nSPS) is 23.2. The summed E-state index contributed by atoms with van der Waals surface area (Å²) in [5.41, 5.74) is 5.59. The fourth-order valence-corrected chi connectivity index (χ4v) is 3.29. The highest BCUT2D eigenvalue weighted by Crippen LogP contribution is 2.21. The van der Waals surface area contributed by atoms with Crippen LogP contribution in [0.15, 0.2) is 0 Å². The molecule has 5 heteroatoms. The smallest absolute Gasteiger partial charge is 0.222 e. The summed E-state index contributed by atoms with van der Waals surface area (Å²) in [5, 5.41) is 0. The fraction of sp³-hybridized carbons (Fsp3) is 0.933. The number of rotatable bonds is 5. The summed E-state index contributed by atoms with van der Waals surface area (Å²) in [6.07, 6.45) is 3.06. The van der Waals surface area contributed by atoms with Gasteiger partial charge in [0, 0.05) is 45.7 Å². The van der Waals surface area contributed by atoms with E-state index in [-0.39, 0.29) is 0 Å². The number of piperidine rings is 1. The Hall–Kier alpha value is -0.650. The quantitative estimate of drug-likeness (QED) is 0.783. The molecule has 2 rings (SSSR count). The van der Waals surface area contributed by atoms with Gasteiger partial charge in [-0.2, -0.15) is 0 Å². The van der Waals surface area contributed by atoms with Gasteiger partial charge in [0.15, 0.2) is 0 Å². The number of nitrogens with zero attached hydrogens (tertiary/aromatic N) is 3. The molecule has 2 aliphatic heterocycles. The van der Waals surface area contributed by atoms with Crippen molar-refractivity contribution in [1.29, 1.82) is 0 Å². The van der Waals surface area contributed by atoms with Crippen LogP contribution in [0, 0.1) is 5.92 Å². The summed E-state index contributed by atoms with van der Waals surface area (Å²) >= 11 is 0. The van der Waals surface area contributed by atoms with Crippen molar-refractivity contribution in [2.75, 3.05) is 58.9 Å². The Labute approximate surface area is 123 Å². The summed E-state index contributed by atoms with van der Waals surface area (Å²) in [5.74, 6) is 0.957. The van der Waals surface area contributed by atoms with Crippen LogP contribution < -0.4 is 5.73 Å². The molecule has 116 valence electrons.